The quantitative estimate of drug-likeness (QED) is 0.0614. The van der Waals surface area contributed by atoms with Gasteiger partial charge in [-0.2, -0.15) is 0 Å². The number of aromatic nitrogens is 2. The number of benzene rings is 2. The van der Waals surface area contributed by atoms with E-state index in [-0.39, 0.29) is 69.6 Å². The first-order valence-corrected chi connectivity index (χ1v) is 27.0. The van der Waals surface area contributed by atoms with Crippen molar-refractivity contribution < 1.29 is 43.3 Å². The number of carbonyl (C=O) groups is 6. The van der Waals surface area contributed by atoms with Gasteiger partial charge in [-0.15, -0.1) is 11.3 Å². The number of piperidine rings is 1. The van der Waals surface area contributed by atoms with E-state index in [1.54, 1.807) is 40.2 Å². The molecule has 2 aromatic heterocycles. The van der Waals surface area contributed by atoms with E-state index >= 15 is 0 Å². The van der Waals surface area contributed by atoms with Crippen LogP contribution in [-0.4, -0.2) is 162 Å². The Morgan fingerprint density at radius 2 is 1.59 bits per heavy atom. The first kappa shape index (κ1) is 56.2. The van der Waals surface area contributed by atoms with Gasteiger partial charge in [0.25, 0.3) is 5.91 Å². The van der Waals surface area contributed by atoms with Crippen molar-refractivity contribution >= 4 is 58.5 Å². The number of aliphatic hydroxyl groups excluding tert-OH is 1. The van der Waals surface area contributed by atoms with Crippen LogP contribution in [0.1, 0.15) is 86.5 Å². The first-order chi connectivity index (χ1) is 36.1. The monoisotopic (exact) mass is 1050 g/mol. The molecule has 3 aliphatic heterocycles. The summed E-state index contributed by atoms with van der Waals surface area (Å²) in [5.74, 6) is -1.02. The standard InChI is InChI=1S/C56H73N9O9S/c1-39-51(75-38-60-39)43-13-10-42(11-14-43)34-59-53(70)47-32-46(66)35-65(47)55(72)52(56(2,3)4)61-49(68)36-73-30-31-74-37-50(69)63-28-26-62(27-29-63)45-17-15-44(16-18-45)54(71)64-24-20-40(21-25-64)8-5-6-23-58-48(67)19-12-41-9-7-22-57-33-41/h7,9-19,22,33,38,40,46-47,52,66H,5-6,8,20-21,23-32,34-37H2,1-4H3,(H,58,67)(H,59,70)(H,61,68)/b19-12+/t46-,47+,52-/m1/s1. The van der Waals surface area contributed by atoms with Crippen molar-refractivity contribution in [3.8, 4) is 10.4 Å². The number of nitrogens with zero attached hydrogens (tertiary/aromatic N) is 6. The lowest BCUT2D eigenvalue weighted by atomic mass is 9.85. The molecule has 0 unspecified atom stereocenters. The molecule has 3 aliphatic rings. The minimum atomic E-state index is -1.00. The molecule has 0 saturated carbocycles. The number of pyridine rings is 1. The number of piperazine rings is 1. The maximum Gasteiger partial charge on any atom is 0.253 e. The number of ether oxygens (including phenoxy) is 2. The van der Waals surface area contributed by atoms with Crippen LogP contribution in [0.15, 0.2) is 84.6 Å². The third-order valence-corrected chi connectivity index (χ3v) is 15.0. The van der Waals surface area contributed by atoms with Crippen LogP contribution in [0.3, 0.4) is 0 Å². The summed E-state index contributed by atoms with van der Waals surface area (Å²) in [5.41, 5.74) is 6.50. The van der Waals surface area contributed by atoms with E-state index in [2.05, 4.69) is 30.8 Å². The SMILES string of the molecule is Cc1ncsc1-c1ccc(CNC(=O)[C@@H]2C[C@@H](O)CN2C(=O)[C@@H](NC(=O)COCCOCC(=O)N2CCN(c3ccc(C(=O)N4CCC(CCCCNC(=O)/C=C/c5cccnc5)CC4)cc3)CC2)C(C)(C)C)cc1. The molecule has 19 heteroatoms. The van der Waals surface area contributed by atoms with Crippen molar-refractivity contribution in [3.63, 3.8) is 0 Å². The Hall–Kier alpha value is -6.54. The topological polar surface area (TPSA) is 216 Å². The second-order valence-electron chi connectivity index (χ2n) is 20.6. The molecule has 4 aromatic rings. The van der Waals surface area contributed by atoms with E-state index in [0.29, 0.717) is 44.2 Å². The van der Waals surface area contributed by atoms with Gasteiger partial charge in [-0.1, -0.05) is 63.9 Å². The molecule has 18 nitrogen and oxygen atoms in total. The number of likely N-dealkylation sites (tertiary alicyclic amines) is 2. The minimum absolute atomic E-state index is 0.0369. The highest BCUT2D eigenvalue weighted by molar-refractivity contribution is 7.13. The van der Waals surface area contributed by atoms with Crippen molar-refractivity contribution in [3.05, 3.63) is 107 Å². The van der Waals surface area contributed by atoms with Crippen LogP contribution in [0.5, 0.6) is 0 Å². The highest BCUT2D eigenvalue weighted by Crippen LogP contribution is 2.29. The molecule has 3 atom stereocenters. The molecule has 2 aromatic carbocycles. The molecule has 6 amide bonds. The van der Waals surface area contributed by atoms with Crippen molar-refractivity contribution in [1.82, 2.24) is 40.6 Å². The van der Waals surface area contributed by atoms with Crippen LogP contribution >= 0.6 is 11.3 Å². The fourth-order valence-electron chi connectivity index (χ4n) is 9.63. The molecule has 0 radical (unpaired) electrons. The zero-order valence-corrected chi connectivity index (χ0v) is 44.5. The summed E-state index contributed by atoms with van der Waals surface area (Å²) < 4.78 is 11.2. The van der Waals surface area contributed by atoms with E-state index in [9.17, 15) is 33.9 Å². The molecule has 402 valence electrons. The van der Waals surface area contributed by atoms with Crippen molar-refractivity contribution in [2.24, 2.45) is 11.3 Å². The summed E-state index contributed by atoms with van der Waals surface area (Å²) in [5, 5.41) is 19.2. The lowest BCUT2D eigenvalue weighted by Gasteiger charge is -2.36. The van der Waals surface area contributed by atoms with E-state index in [4.69, 9.17) is 9.47 Å². The van der Waals surface area contributed by atoms with Gasteiger partial charge in [-0.05, 0) is 90.6 Å². The molecular formula is C56H73N9O9S. The molecule has 3 saturated heterocycles. The highest BCUT2D eigenvalue weighted by Gasteiger charge is 2.44. The molecule has 7 rings (SSSR count). The normalized spacial score (nSPS) is 17.8. The van der Waals surface area contributed by atoms with Gasteiger partial charge in [0.05, 0.1) is 35.4 Å². The summed E-state index contributed by atoms with van der Waals surface area (Å²) in [6.45, 7) is 11.7. The van der Waals surface area contributed by atoms with Crippen LogP contribution in [0.4, 0.5) is 5.69 Å². The van der Waals surface area contributed by atoms with E-state index in [1.165, 1.54) is 11.0 Å². The van der Waals surface area contributed by atoms with Crippen LogP contribution < -0.4 is 20.9 Å². The maximum absolute atomic E-state index is 14.0. The Morgan fingerprint density at radius 3 is 2.25 bits per heavy atom. The van der Waals surface area contributed by atoms with Gasteiger partial charge in [0.2, 0.25) is 29.5 Å². The second kappa shape index (κ2) is 27.3. The number of anilines is 1. The number of thiazole rings is 1. The Balaban J connectivity index is 0.740. The van der Waals surface area contributed by atoms with E-state index in [0.717, 1.165) is 78.1 Å². The third kappa shape index (κ3) is 16.5. The van der Waals surface area contributed by atoms with Crippen molar-refractivity contribution in [1.29, 1.82) is 0 Å². The average molecular weight is 1050 g/mol. The number of rotatable bonds is 22. The molecule has 4 N–H and O–H groups in total. The van der Waals surface area contributed by atoms with E-state index < -0.39 is 35.4 Å². The van der Waals surface area contributed by atoms with Gasteiger partial charge < -0.3 is 50.1 Å². The fraction of sp³-hybridized carbons (Fsp3) is 0.500. The summed E-state index contributed by atoms with van der Waals surface area (Å²) in [7, 11) is 0. The molecular weight excluding hydrogens is 975 g/mol. The summed E-state index contributed by atoms with van der Waals surface area (Å²) in [4.78, 5) is 95.8. The number of nitrogens with one attached hydrogen (secondary N) is 3. The first-order valence-electron chi connectivity index (χ1n) is 26.1. The molecule has 0 bridgehead atoms. The molecule has 0 aliphatic carbocycles. The smallest absolute Gasteiger partial charge is 0.253 e. The van der Waals surface area contributed by atoms with Crippen molar-refractivity contribution in [2.45, 2.75) is 91.0 Å². The van der Waals surface area contributed by atoms with Crippen LogP contribution in [0, 0.1) is 18.3 Å². The summed E-state index contributed by atoms with van der Waals surface area (Å²) in [6.07, 6.45) is 10.9. The van der Waals surface area contributed by atoms with Crippen LogP contribution in [0.25, 0.3) is 16.5 Å². The fourth-order valence-corrected chi connectivity index (χ4v) is 10.4. The second-order valence-corrected chi connectivity index (χ2v) is 21.5. The number of aliphatic hydroxyl groups is 1. The number of hydrogen-bond acceptors (Lipinski definition) is 13. The minimum Gasteiger partial charge on any atom is -0.391 e. The predicted molar refractivity (Wildman–Crippen MR) is 287 cm³/mol. The Kier molecular flexibility index (Phi) is 20.5. The van der Waals surface area contributed by atoms with Gasteiger partial charge in [-0.25, -0.2) is 4.98 Å². The number of β-amino-alcohol motifs (C(OH)–C–C–N with tert-alkyl or cyclic N) is 1. The molecule has 75 heavy (non-hydrogen) atoms. The molecule has 5 heterocycles. The van der Waals surface area contributed by atoms with Gasteiger partial charge in [0, 0.05) is 95.0 Å². The number of carbonyl (C=O) groups excluding carboxylic acids is 6. The number of amides is 6. The predicted octanol–water partition coefficient (Wildman–Crippen LogP) is 4.86. The number of aryl methyl sites for hydroxylation is 1. The third-order valence-electron chi connectivity index (χ3n) is 14.0. The van der Waals surface area contributed by atoms with Crippen LogP contribution in [-0.2, 0) is 40.0 Å². The van der Waals surface area contributed by atoms with Gasteiger partial charge in [-0.3, -0.25) is 33.8 Å². The molecule has 3 fully saturated rings. The van der Waals surface area contributed by atoms with Crippen molar-refractivity contribution in [2.75, 3.05) is 83.7 Å². The lowest BCUT2D eigenvalue weighted by molar-refractivity contribution is -0.144. The van der Waals surface area contributed by atoms with Gasteiger partial charge in [0.15, 0.2) is 0 Å². The van der Waals surface area contributed by atoms with Gasteiger partial charge >= 0.3 is 0 Å². The zero-order valence-electron chi connectivity index (χ0n) is 43.7. The Morgan fingerprint density at radius 1 is 0.867 bits per heavy atom. The highest BCUT2D eigenvalue weighted by atomic mass is 32.1. The maximum atomic E-state index is 14.0. The van der Waals surface area contributed by atoms with E-state index in [1.807, 2.05) is 93.3 Å². The zero-order chi connectivity index (χ0) is 53.3. The van der Waals surface area contributed by atoms with Gasteiger partial charge in [0.1, 0.15) is 25.3 Å². The number of hydrogen-bond donors (Lipinski definition) is 4. The summed E-state index contributed by atoms with van der Waals surface area (Å²) in [6, 6.07) is 17.4. The molecule has 0 spiro atoms. The van der Waals surface area contributed by atoms with Crippen LogP contribution in [0.2, 0.25) is 0 Å². The number of unbranched alkanes of at least 4 members (excludes halogenated alkanes) is 1. The summed E-state index contributed by atoms with van der Waals surface area (Å²) >= 11 is 1.57. The Bertz CT molecular complexity index is 2550. The largest absolute Gasteiger partial charge is 0.391 e. The Labute approximate surface area is 444 Å². The average Bonchev–Trinajstić information content (AvgIpc) is 4.04. The lowest BCUT2D eigenvalue weighted by Crippen LogP contribution is -2.58.